The highest BCUT2D eigenvalue weighted by Gasteiger charge is 2.65. The second kappa shape index (κ2) is 26.9. The molecular weight excluding hydrogens is 909 g/mol. The van der Waals surface area contributed by atoms with Crippen molar-refractivity contribution in [1.29, 1.82) is 0 Å². The van der Waals surface area contributed by atoms with E-state index in [-0.39, 0.29) is 90.2 Å². The molecule has 4 aromatic carbocycles. The molecule has 7 rings (SSSR count). The number of aliphatic hydroxyl groups excluding tert-OH is 3. The van der Waals surface area contributed by atoms with Gasteiger partial charge in [-0.05, 0) is 90.6 Å². The van der Waals surface area contributed by atoms with Gasteiger partial charge in [0, 0.05) is 37.7 Å². The molecule has 71 heavy (non-hydrogen) atoms. The van der Waals surface area contributed by atoms with Crippen molar-refractivity contribution in [2.24, 2.45) is 22.9 Å². The number of benzene rings is 4. The van der Waals surface area contributed by atoms with Gasteiger partial charge in [0.2, 0.25) is 5.79 Å². The first-order chi connectivity index (χ1) is 34.9. The molecule has 15 heteroatoms. The number of methoxy groups -OCH3 is 1. The summed E-state index contributed by atoms with van der Waals surface area (Å²) < 4.78 is 44.1. The molecule has 0 unspecified atom stereocenters. The lowest BCUT2D eigenvalue weighted by Crippen LogP contribution is -2.70. The highest BCUT2D eigenvalue weighted by Crippen LogP contribution is 2.62. The van der Waals surface area contributed by atoms with Gasteiger partial charge in [-0.3, -0.25) is 9.69 Å². The van der Waals surface area contributed by atoms with Crippen LogP contribution in [0, 0.1) is 17.8 Å². The Morgan fingerprint density at radius 1 is 0.831 bits per heavy atom. The van der Waals surface area contributed by atoms with E-state index in [9.17, 15) is 24.9 Å². The molecule has 380 valence electrons. The van der Waals surface area contributed by atoms with Crippen LogP contribution in [0.15, 0.2) is 127 Å². The van der Waals surface area contributed by atoms with Crippen molar-refractivity contribution >= 4 is 18.1 Å². The molecular formula is C56H68N2O13. The van der Waals surface area contributed by atoms with Gasteiger partial charge in [0.15, 0.2) is 6.29 Å². The van der Waals surface area contributed by atoms with Crippen LogP contribution in [-0.2, 0) is 37.0 Å². The maximum atomic E-state index is 14.8. The topological polar surface area (TPSA) is 184 Å². The van der Waals surface area contributed by atoms with E-state index in [1.807, 2.05) is 72.8 Å². The number of rotatable bonds is 29. The van der Waals surface area contributed by atoms with Crippen molar-refractivity contribution in [2.75, 3.05) is 66.5 Å². The van der Waals surface area contributed by atoms with Crippen molar-refractivity contribution in [3.8, 4) is 23.0 Å². The number of fused-ring (bicyclic) bond motifs is 2. The van der Waals surface area contributed by atoms with Crippen LogP contribution in [0.25, 0.3) is 0 Å². The summed E-state index contributed by atoms with van der Waals surface area (Å²) in [5.74, 6) is -0.703. The molecule has 1 heterocycles. The number of oxime groups is 1. The van der Waals surface area contributed by atoms with E-state index in [0.717, 1.165) is 54.2 Å². The molecule has 15 nitrogen and oxygen atoms in total. The molecule has 0 bridgehead atoms. The van der Waals surface area contributed by atoms with Gasteiger partial charge in [-0.25, -0.2) is 4.79 Å². The minimum Gasteiger partial charge on any atom is -0.496 e. The van der Waals surface area contributed by atoms with Crippen LogP contribution in [-0.4, -0.2) is 117 Å². The first kappa shape index (κ1) is 52.7. The minimum absolute atomic E-state index is 0.0134. The van der Waals surface area contributed by atoms with Crippen LogP contribution in [0.1, 0.15) is 77.9 Å². The zero-order chi connectivity index (χ0) is 49.8. The average Bonchev–Trinajstić information content (AvgIpc) is 3.40. The second-order valence-corrected chi connectivity index (χ2v) is 17.8. The van der Waals surface area contributed by atoms with Crippen LogP contribution in [0.2, 0.25) is 0 Å². The lowest BCUT2D eigenvalue weighted by atomic mass is 9.55. The Morgan fingerprint density at radius 3 is 2.25 bits per heavy atom. The zero-order valence-corrected chi connectivity index (χ0v) is 40.6. The Morgan fingerprint density at radius 2 is 1.55 bits per heavy atom. The lowest BCUT2D eigenvalue weighted by Gasteiger charge is -2.59. The van der Waals surface area contributed by atoms with E-state index >= 15 is 0 Å². The number of carbonyl (C=O) groups excluding carboxylic acids is 2. The second-order valence-electron chi connectivity index (χ2n) is 17.8. The molecule has 1 fully saturated rings. The molecule has 4 aromatic rings. The van der Waals surface area contributed by atoms with E-state index in [2.05, 4.69) is 12.7 Å². The fraction of sp³-hybridized carbons (Fsp3) is 0.446. The quantitative estimate of drug-likeness (QED) is 0.0203. The number of allylic oxidation sites excluding steroid dienone is 1. The number of nitrogens with zero attached hydrogens (tertiary/aromatic N) is 2. The largest absolute Gasteiger partial charge is 0.496 e. The van der Waals surface area contributed by atoms with E-state index < -0.39 is 23.8 Å². The lowest BCUT2D eigenvalue weighted by molar-refractivity contribution is -0.256. The SMILES string of the molecule is C=CCO[C@@]12Oc3ccc(Oc4ccc(OC)c(C=O)c4)cc3[C@H]3[C@H](CCCCO)[C@@H](CCCCO)C=C(C(=NOCc4ccccc4)C[C@@H]1N(CCOCCO)C(=O)OCCOCc1ccccc1)[C@H]32. The summed E-state index contributed by atoms with van der Waals surface area (Å²) in [4.78, 5) is 34.7. The molecule has 1 aliphatic heterocycles. The van der Waals surface area contributed by atoms with Gasteiger partial charge in [-0.15, -0.1) is 6.58 Å². The molecule has 0 radical (unpaired) electrons. The first-order valence-electron chi connectivity index (χ1n) is 24.7. The van der Waals surface area contributed by atoms with Gasteiger partial charge in [0.25, 0.3) is 0 Å². The van der Waals surface area contributed by atoms with Crippen LogP contribution < -0.4 is 14.2 Å². The van der Waals surface area contributed by atoms with Gasteiger partial charge >= 0.3 is 6.09 Å². The van der Waals surface area contributed by atoms with Gasteiger partial charge in [0.05, 0.1) is 63.9 Å². The molecule has 3 N–H and O–H groups in total. The molecule has 3 aliphatic rings. The van der Waals surface area contributed by atoms with Crippen molar-refractivity contribution < 1.29 is 62.9 Å². The summed E-state index contributed by atoms with van der Waals surface area (Å²) in [6.07, 6.45) is 8.35. The third-order valence-electron chi connectivity index (χ3n) is 13.3. The summed E-state index contributed by atoms with van der Waals surface area (Å²) in [6, 6.07) is 29.3. The van der Waals surface area contributed by atoms with E-state index in [1.54, 1.807) is 35.2 Å². The highest BCUT2D eigenvalue weighted by atomic mass is 16.7. The highest BCUT2D eigenvalue weighted by molar-refractivity contribution is 6.03. The van der Waals surface area contributed by atoms with E-state index in [4.69, 9.17) is 43.2 Å². The number of unbranched alkanes of at least 4 members (excludes halogenated alkanes) is 2. The van der Waals surface area contributed by atoms with Crippen molar-refractivity contribution in [3.05, 3.63) is 144 Å². The minimum atomic E-state index is -1.57. The number of aliphatic hydroxyl groups is 3. The predicted molar refractivity (Wildman–Crippen MR) is 267 cm³/mol. The van der Waals surface area contributed by atoms with Gasteiger partial charge in [-0.1, -0.05) is 90.8 Å². The van der Waals surface area contributed by atoms with Crippen molar-refractivity contribution in [3.63, 3.8) is 0 Å². The summed E-state index contributed by atoms with van der Waals surface area (Å²) in [6.45, 7) is 4.80. The fourth-order valence-electron chi connectivity index (χ4n) is 10.2. The molecule has 0 spiro atoms. The molecule has 0 saturated heterocycles. The summed E-state index contributed by atoms with van der Waals surface area (Å²) in [7, 11) is 1.50. The molecule has 1 saturated carbocycles. The molecule has 1 amide bonds. The van der Waals surface area contributed by atoms with E-state index in [0.29, 0.717) is 53.7 Å². The average molecular weight is 977 g/mol. The third-order valence-corrected chi connectivity index (χ3v) is 13.3. The van der Waals surface area contributed by atoms with Gasteiger partial charge < -0.3 is 53.3 Å². The number of ether oxygens (including phenoxy) is 7. The zero-order valence-electron chi connectivity index (χ0n) is 40.6. The maximum absolute atomic E-state index is 14.8. The smallest absolute Gasteiger partial charge is 0.410 e. The van der Waals surface area contributed by atoms with Gasteiger partial charge in [-0.2, -0.15) is 0 Å². The van der Waals surface area contributed by atoms with E-state index in [1.165, 1.54) is 7.11 Å². The summed E-state index contributed by atoms with van der Waals surface area (Å²) in [5.41, 5.74) is 4.57. The molecule has 2 aliphatic carbocycles. The Labute approximate surface area is 416 Å². The van der Waals surface area contributed by atoms with Crippen molar-refractivity contribution in [2.45, 2.75) is 75.9 Å². The number of aldehydes is 1. The van der Waals surface area contributed by atoms with Crippen molar-refractivity contribution in [1.82, 2.24) is 4.90 Å². The van der Waals surface area contributed by atoms with Crippen LogP contribution >= 0.6 is 0 Å². The monoisotopic (exact) mass is 976 g/mol. The Bertz CT molecular complexity index is 2380. The number of hydrogen-bond acceptors (Lipinski definition) is 14. The number of amides is 1. The van der Waals surface area contributed by atoms with Crippen LogP contribution in [0.4, 0.5) is 4.79 Å². The van der Waals surface area contributed by atoms with Gasteiger partial charge in [0.1, 0.15) is 42.3 Å². The standard InChI is InChI=1S/C56H68N2O13/c1-3-28-68-56-52(58(24-29-65-30-27-61)55(63)67-32-31-66-38-40-14-6-4-7-15-40)36-49(57-69-39-41-16-8-5-9-17-41)47-34-42(18-10-12-25-59)46(19-11-13-26-60)53(54(47)56)48-35-45(21-23-51(48)71-56)70-44-20-22-50(64-2)43(33-44)37-62/h3-9,14-17,20-23,33-35,37,42,46,52-54,59-61H,1,10-13,18-19,24-32,36,38-39H2,2H3/t42-,46+,52-,53+,54+,56+/m0/s1. The Kier molecular flexibility index (Phi) is 20.0. The Balaban J connectivity index is 1.37. The number of carbonyl (C=O) groups is 2. The molecule has 0 aromatic heterocycles. The molecule has 6 atom stereocenters. The van der Waals surface area contributed by atoms with Crippen LogP contribution in [0.5, 0.6) is 23.0 Å². The maximum Gasteiger partial charge on any atom is 0.410 e. The fourth-order valence-corrected chi connectivity index (χ4v) is 10.2. The normalized spacial score (nSPS) is 21.5. The first-order valence-corrected chi connectivity index (χ1v) is 24.7. The van der Waals surface area contributed by atoms with Crippen LogP contribution in [0.3, 0.4) is 0 Å². The summed E-state index contributed by atoms with van der Waals surface area (Å²) >= 11 is 0. The summed E-state index contributed by atoms with van der Waals surface area (Å²) in [5, 5.41) is 34.7. The Hall–Kier alpha value is -6.07. The predicted octanol–water partition coefficient (Wildman–Crippen LogP) is 8.80. The third kappa shape index (κ3) is 13.3. The number of hydrogen-bond donors (Lipinski definition) is 3.